The Morgan fingerprint density at radius 2 is 1.80 bits per heavy atom. The van der Waals surface area contributed by atoms with Crippen LogP contribution in [-0.4, -0.2) is 42.3 Å². The second-order valence-corrected chi connectivity index (χ2v) is 11.5. The summed E-state index contributed by atoms with van der Waals surface area (Å²) in [4.78, 5) is 41.6. The van der Waals surface area contributed by atoms with Gasteiger partial charge in [-0.05, 0) is 78.2 Å². The van der Waals surface area contributed by atoms with Gasteiger partial charge in [-0.3, -0.25) is 14.4 Å². The minimum atomic E-state index is -1.60. The summed E-state index contributed by atoms with van der Waals surface area (Å²) in [7, 11) is 2.97. The Bertz CT molecular complexity index is 946. The van der Waals surface area contributed by atoms with Gasteiger partial charge in [0, 0.05) is 6.42 Å². The van der Waals surface area contributed by atoms with Crippen molar-refractivity contribution in [1.29, 1.82) is 0 Å². The van der Waals surface area contributed by atoms with Gasteiger partial charge in [-0.25, -0.2) is 0 Å². The van der Waals surface area contributed by atoms with Crippen molar-refractivity contribution < 1.29 is 29.0 Å². The van der Waals surface area contributed by atoms with E-state index in [-0.39, 0.29) is 47.6 Å². The molecule has 0 amide bonds. The van der Waals surface area contributed by atoms with Crippen LogP contribution in [0.3, 0.4) is 0 Å². The molecule has 1 fully saturated rings. The van der Waals surface area contributed by atoms with Crippen LogP contribution >= 0.6 is 0 Å². The van der Waals surface area contributed by atoms with Gasteiger partial charge in [0.25, 0.3) is 0 Å². The molecule has 0 saturated heterocycles. The van der Waals surface area contributed by atoms with Gasteiger partial charge < -0.3 is 14.6 Å². The number of ketones is 3. The smallest absolute Gasteiger partial charge is 0.184 e. The third-order valence-corrected chi connectivity index (χ3v) is 7.66. The SMILES string of the molecule is COC1=C(/C(=C\C(C)C)OC)C(=O)[C@@](CC(C)=O)(C[C@H]2CCC[C@@]2(C)O)C(=O)[C@@]1(C)CC=C(C)C. The van der Waals surface area contributed by atoms with Crippen LogP contribution in [0.5, 0.6) is 0 Å². The number of Topliss-reactive ketones (excluding diaryl/α,β-unsaturated/α-hetero) is 3. The van der Waals surface area contributed by atoms with Gasteiger partial charge in [0.15, 0.2) is 11.6 Å². The zero-order chi connectivity index (χ0) is 26.8. The van der Waals surface area contributed by atoms with E-state index in [9.17, 15) is 19.5 Å². The largest absolute Gasteiger partial charge is 0.499 e. The van der Waals surface area contributed by atoms with Crippen LogP contribution in [0, 0.1) is 22.7 Å². The monoisotopic (exact) mass is 488 g/mol. The first-order valence-corrected chi connectivity index (χ1v) is 12.7. The van der Waals surface area contributed by atoms with Crippen molar-refractivity contribution in [2.45, 2.75) is 92.6 Å². The normalized spacial score (nSPS) is 31.7. The Balaban J connectivity index is 2.92. The van der Waals surface area contributed by atoms with Gasteiger partial charge in [-0.1, -0.05) is 31.9 Å². The average Bonchev–Trinajstić information content (AvgIpc) is 3.08. The second-order valence-electron chi connectivity index (χ2n) is 11.5. The Labute approximate surface area is 210 Å². The summed E-state index contributed by atoms with van der Waals surface area (Å²) in [5.41, 5.74) is -2.50. The van der Waals surface area contributed by atoms with Crippen LogP contribution < -0.4 is 0 Å². The van der Waals surface area contributed by atoms with Gasteiger partial charge in [0.1, 0.15) is 22.7 Å². The minimum absolute atomic E-state index is 0.0720. The Morgan fingerprint density at radius 3 is 2.23 bits per heavy atom. The molecule has 196 valence electrons. The van der Waals surface area contributed by atoms with Crippen LogP contribution in [-0.2, 0) is 23.9 Å². The van der Waals surface area contributed by atoms with E-state index in [1.54, 1.807) is 13.8 Å². The van der Waals surface area contributed by atoms with Crippen molar-refractivity contribution in [3.63, 3.8) is 0 Å². The molecule has 6 nitrogen and oxygen atoms in total. The molecule has 1 saturated carbocycles. The van der Waals surface area contributed by atoms with E-state index in [0.717, 1.165) is 12.0 Å². The molecule has 0 spiro atoms. The molecule has 0 heterocycles. The lowest BCUT2D eigenvalue weighted by Gasteiger charge is -2.46. The maximum absolute atomic E-state index is 14.5. The van der Waals surface area contributed by atoms with E-state index in [4.69, 9.17) is 9.47 Å². The zero-order valence-corrected chi connectivity index (χ0v) is 23.0. The maximum Gasteiger partial charge on any atom is 0.184 e. The summed E-state index contributed by atoms with van der Waals surface area (Å²) in [6, 6.07) is 0. The molecule has 2 aliphatic carbocycles. The van der Waals surface area contributed by atoms with Gasteiger partial charge in [0.05, 0.1) is 30.8 Å². The van der Waals surface area contributed by atoms with Gasteiger partial charge >= 0.3 is 0 Å². The number of hydrogen-bond donors (Lipinski definition) is 1. The molecule has 6 heteroatoms. The van der Waals surface area contributed by atoms with E-state index in [0.29, 0.717) is 25.0 Å². The Kier molecular flexibility index (Phi) is 8.97. The summed E-state index contributed by atoms with van der Waals surface area (Å²) >= 11 is 0. The molecule has 35 heavy (non-hydrogen) atoms. The van der Waals surface area contributed by atoms with Crippen LogP contribution in [0.1, 0.15) is 87.0 Å². The first-order chi connectivity index (χ1) is 16.2. The predicted octanol–water partition coefficient (Wildman–Crippen LogP) is 5.49. The van der Waals surface area contributed by atoms with E-state index in [1.807, 2.05) is 39.8 Å². The summed E-state index contributed by atoms with van der Waals surface area (Å²) in [5, 5.41) is 11.1. The predicted molar refractivity (Wildman–Crippen MR) is 136 cm³/mol. The van der Waals surface area contributed by atoms with Gasteiger partial charge in [-0.2, -0.15) is 0 Å². The third kappa shape index (κ3) is 5.63. The molecule has 2 rings (SSSR count). The zero-order valence-electron chi connectivity index (χ0n) is 23.0. The molecule has 0 radical (unpaired) electrons. The summed E-state index contributed by atoms with van der Waals surface area (Å²) in [6.07, 6.45) is 6.17. The minimum Gasteiger partial charge on any atom is -0.499 e. The fourth-order valence-corrected chi connectivity index (χ4v) is 5.86. The number of carbonyl (C=O) groups is 3. The van der Waals surface area contributed by atoms with Crippen molar-refractivity contribution in [3.05, 3.63) is 34.8 Å². The van der Waals surface area contributed by atoms with Crippen LogP contribution in [0.2, 0.25) is 0 Å². The topological polar surface area (TPSA) is 89.9 Å². The molecule has 1 N–H and O–H groups in total. The lowest BCUT2D eigenvalue weighted by molar-refractivity contribution is -0.153. The highest BCUT2D eigenvalue weighted by Crippen LogP contribution is 2.55. The fraction of sp³-hybridized carbons (Fsp3) is 0.690. The molecule has 4 atom stereocenters. The van der Waals surface area contributed by atoms with Crippen molar-refractivity contribution in [3.8, 4) is 0 Å². The quantitative estimate of drug-likeness (QED) is 0.248. The Morgan fingerprint density at radius 1 is 1.17 bits per heavy atom. The second kappa shape index (κ2) is 10.8. The van der Waals surface area contributed by atoms with Crippen LogP contribution in [0.4, 0.5) is 0 Å². The maximum atomic E-state index is 14.5. The molecule has 0 aromatic rings. The first-order valence-electron chi connectivity index (χ1n) is 12.7. The number of methoxy groups -OCH3 is 2. The number of ether oxygens (including phenoxy) is 2. The summed E-state index contributed by atoms with van der Waals surface area (Å²) < 4.78 is 11.5. The summed E-state index contributed by atoms with van der Waals surface area (Å²) in [6.45, 7) is 12.8. The van der Waals surface area contributed by atoms with E-state index >= 15 is 0 Å². The molecule has 2 aliphatic rings. The van der Waals surface area contributed by atoms with Crippen molar-refractivity contribution in [2.75, 3.05) is 14.2 Å². The number of carbonyl (C=O) groups excluding carboxylic acids is 3. The van der Waals surface area contributed by atoms with E-state index in [2.05, 4.69) is 0 Å². The highest BCUT2D eigenvalue weighted by Gasteiger charge is 2.62. The lowest BCUT2D eigenvalue weighted by Crippen LogP contribution is -2.56. The Hall–Kier alpha value is -2.21. The number of hydrogen-bond acceptors (Lipinski definition) is 6. The van der Waals surface area contributed by atoms with Gasteiger partial charge in [-0.15, -0.1) is 0 Å². The molecule has 0 aromatic carbocycles. The number of allylic oxidation sites excluding steroid dienone is 5. The first kappa shape index (κ1) is 29.0. The molecule has 0 aromatic heterocycles. The molecule has 0 unspecified atom stereocenters. The number of aliphatic hydroxyl groups is 1. The molecule has 0 aliphatic heterocycles. The van der Waals surface area contributed by atoms with Crippen molar-refractivity contribution in [2.24, 2.45) is 22.7 Å². The highest BCUT2D eigenvalue weighted by atomic mass is 16.5. The standard InChI is InChI=1S/C29H44O6/c1-18(2)12-14-27(6)25(35-9)23(22(34-8)15-19(3)4)24(31)29(26(27)32,16-20(5)30)17-21-11-10-13-28(21,7)33/h12,15,19,21,33H,10-11,13-14,16-17H2,1-9H3/b22-15+/t21-,27+,28-,29-/m1/s1. The fourth-order valence-electron chi connectivity index (χ4n) is 5.86. The number of rotatable bonds is 10. The van der Waals surface area contributed by atoms with E-state index < -0.39 is 22.2 Å². The van der Waals surface area contributed by atoms with Crippen molar-refractivity contribution in [1.82, 2.24) is 0 Å². The van der Waals surface area contributed by atoms with Crippen LogP contribution in [0.15, 0.2) is 34.8 Å². The summed E-state index contributed by atoms with van der Waals surface area (Å²) in [5.74, 6) is -0.566. The van der Waals surface area contributed by atoms with E-state index in [1.165, 1.54) is 21.1 Å². The molecular formula is C29H44O6. The molecule has 0 bridgehead atoms. The third-order valence-electron chi connectivity index (χ3n) is 7.66. The van der Waals surface area contributed by atoms with Gasteiger partial charge in [0.2, 0.25) is 0 Å². The highest BCUT2D eigenvalue weighted by molar-refractivity contribution is 6.22. The lowest BCUT2D eigenvalue weighted by atomic mass is 9.55. The average molecular weight is 489 g/mol. The van der Waals surface area contributed by atoms with Crippen LogP contribution in [0.25, 0.3) is 0 Å². The van der Waals surface area contributed by atoms with Crippen molar-refractivity contribution >= 4 is 17.3 Å². The molecular weight excluding hydrogens is 444 g/mol.